The Hall–Kier alpha value is -1.75. The summed E-state index contributed by atoms with van der Waals surface area (Å²) in [5.74, 6) is -1.19. The van der Waals surface area contributed by atoms with Crippen LogP contribution in [0, 0.1) is 11.6 Å². The molecule has 88 valence electrons. The Labute approximate surface area is 103 Å². The molecule has 0 spiro atoms. The van der Waals surface area contributed by atoms with Gasteiger partial charge in [-0.2, -0.15) is 0 Å². The predicted molar refractivity (Wildman–Crippen MR) is 65.8 cm³/mol. The minimum atomic E-state index is -0.593. The highest BCUT2D eigenvalue weighted by molar-refractivity contribution is 7.80. The van der Waals surface area contributed by atoms with Gasteiger partial charge in [-0.15, -0.1) is 0 Å². The lowest BCUT2D eigenvalue weighted by Crippen LogP contribution is -2.15. The van der Waals surface area contributed by atoms with E-state index in [-0.39, 0.29) is 4.99 Å². The van der Waals surface area contributed by atoms with E-state index in [1.807, 2.05) is 0 Å². The summed E-state index contributed by atoms with van der Waals surface area (Å²) in [5.41, 5.74) is 6.73. The van der Waals surface area contributed by atoms with Crippen LogP contribution in [0.4, 0.5) is 8.78 Å². The average molecular weight is 252 g/mol. The third kappa shape index (κ3) is 2.68. The van der Waals surface area contributed by atoms with Crippen LogP contribution in [-0.2, 0) is 6.54 Å². The molecule has 1 heterocycles. The standard InChI is InChI=1S/C12H10F2N2S/c13-9-4-8(5-10(14)6-9)7-16-3-1-2-11(16)12(15)17/h1-6H,7H2,(H2,15,17). The Balaban J connectivity index is 2.31. The summed E-state index contributed by atoms with van der Waals surface area (Å²) in [6, 6.07) is 6.95. The minimum absolute atomic E-state index is 0.256. The molecule has 17 heavy (non-hydrogen) atoms. The van der Waals surface area contributed by atoms with Crippen LogP contribution in [0.1, 0.15) is 11.3 Å². The number of benzene rings is 1. The van der Waals surface area contributed by atoms with Gasteiger partial charge in [0.2, 0.25) is 0 Å². The maximum Gasteiger partial charge on any atom is 0.126 e. The molecule has 0 radical (unpaired) electrons. The first-order chi connectivity index (χ1) is 8.06. The maximum atomic E-state index is 13.0. The molecular weight excluding hydrogens is 242 g/mol. The fourth-order valence-corrected chi connectivity index (χ4v) is 1.86. The number of hydrogen-bond acceptors (Lipinski definition) is 1. The molecule has 5 heteroatoms. The van der Waals surface area contributed by atoms with Crippen molar-refractivity contribution in [2.24, 2.45) is 5.73 Å². The number of nitrogens with two attached hydrogens (primary N) is 1. The first kappa shape index (κ1) is 11.7. The second kappa shape index (κ2) is 4.63. The van der Waals surface area contributed by atoms with Crippen LogP contribution < -0.4 is 5.73 Å². The molecule has 0 bridgehead atoms. The van der Waals surface area contributed by atoms with Crippen LogP contribution in [0.5, 0.6) is 0 Å². The molecule has 0 aliphatic carbocycles. The van der Waals surface area contributed by atoms with Crippen molar-refractivity contribution in [2.75, 3.05) is 0 Å². The number of nitrogens with zero attached hydrogens (tertiary/aromatic N) is 1. The van der Waals surface area contributed by atoms with Crippen molar-refractivity contribution in [1.82, 2.24) is 4.57 Å². The summed E-state index contributed by atoms with van der Waals surface area (Å²) in [6.45, 7) is 0.328. The number of hydrogen-bond donors (Lipinski definition) is 1. The monoisotopic (exact) mass is 252 g/mol. The van der Waals surface area contributed by atoms with E-state index >= 15 is 0 Å². The van der Waals surface area contributed by atoms with E-state index < -0.39 is 11.6 Å². The molecule has 0 atom stereocenters. The zero-order chi connectivity index (χ0) is 12.4. The Morgan fingerprint density at radius 3 is 2.47 bits per heavy atom. The fourth-order valence-electron chi connectivity index (χ4n) is 1.67. The number of halogens is 2. The third-order valence-electron chi connectivity index (χ3n) is 2.36. The third-order valence-corrected chi connectivity index (χ3v) is 2.57. The van der Waals surface area contributed by atoms with Crippen LogP contribution in [0.3, 0.4) is 0 Å². The van der Waals surface area contributed by atoms with Gasteiger partial charge in [0.25, 0.3) is 0 Å². The lowest BCUT2D eigenvalue weighted by molar-refractivity contribution is 0.577. The van der Waals surface area contributed by atoms with Crippen molar-refractivity contribution in [3.63, 3.8) is 0 Å². The Morgan fingerprint density at radius 2 is 1.88 bits per heavy atom. The van der Waals surface area contributed by atoms with Gasteiger partial charge in [0.1, 0.15) is 16.6 Å². The molecule has 0 amide bonds. The van der Waals surface area contributed by atoms with Gasteiger partial charge in [-0.3, -0.25) is 0 Å². The number of aromatic nitrogens is 1. The Bertz CT molecular complexity index is 543. The van der Waals surface area contributed by atoms with Gasteiger partial charge in [0.05, 0.1) is 5.69 Å². The van der Waals surface area contributed by atoms with Crippen molar-refractivity contribution in [3.05, 3.63) is 59.4 Å². The molecule has 0 saturated heterocycles. The molecule has 2 aromatic rings. The molecule has 2 N–H and O–H groups in total. The van der Waals surface area contributed by atoms with E-state index in [4.69, 9.17) is 18.0 Å². The zero-order valence-corrected chi connectivity index (χ0v) is 9.68. The fraction of sp³-hybridized carbons (Fsp3) is 0.0833. The topological polar surface area (TPSA) is 30.9 Å². The smallest absolute Gasteiger partial charge is 0.126 e. The molecule has 0 unspecified atom stereocenters. The van der Waals surface area contributed by atoms with Crippen molar-refractivity contribution in [1.29, 1.82) is 0 Å². The van der Waals surface area contributed by atoms with Gasteiger partial charge < -0.3 is 10.3 Å². The molecule has 0 saturated carbocycles. The van der Waals surface area contributed by atoms with Gasteiger partial charge in [-0.25, -0.2) is 8.78 Å². The molecular formula is C12H10F2N2S. The summed E-state index contributed by atoms with van der Waals surface area (Å²) in [4.78, 5) is 0.256. The van der Waals surface area contributed by atoms with E-state index in [1.54, 1.807) is 22.9 Å². The maximum absolute atomic E-state index is 13.0. The van der Waals surface area contributed by atoms with E-state index in [9.17, 15) is 8.78 Å². The van der Waals surface area contributed by atoms with Crippen molar-refractivity contribution in [2.45, 2.75) is 6.54 Å². The summed E-state index contributed by atoms with van der Waals surface area (Å²) in [7, 11) is 0. The molecule has 1 aromatic heterocycles. The Morgan fingerprint density at radius 1 is 1.24 bits per heavy atom. The van der Waals surface area contributed by atoms with Crippen molar-refractivity contribution in [3.8, 4) is 0 Å². The summed E-state index contributed by atoms with van der Waals surface area (Å²) >= 11 is 4.88. The molecule has 1 aromatic carbocycles. The van der Waals surface area contributed by atoms with Gasteiger partial charge in [0.15, 0.2) is 0 Å². The average Bonchev–Trinajstić information content (AvgIpc) is 2.63. The molecule has 2 nitrogen and oxygen atoms in total. The number of rotatable bonds is 3. The second-order valence-electron chi connectivity index (χ2n) is 3.66. The highest BCUT2D eigenvalue weighted by atomic mass is 32.1. The second-order valence-corrected chi connectivity index (χ2v) is 4.10. The lowest BCUT2D eigenvalue weighted by Gasteiger charge is -2.08. The van der Waals surface area contributed by atoms with Gasteiger partial charge in [0, 0.05) is 18.8 Å². The van der Waals surface area contributed by atoms with Crippen molar-refractivity contribution >= 4 is 17.2 Å². The molecule has 0 aliphatic rings. The number of thiocarbonyl (C=S) groups is 1. The summed E-state index contributed by atoms with van der Waals surface area (Å²) in [5, 5.41) is 0. The molecule has 0 aliphatic heterocycles. The zero-order valence-electron chi connectivity index (χ0n) is 8.86. The highest BCUT2D eigenvalue weighted by Crippen LogP contribution is 2.11. The SMILES string of the molecule is NC(=S)c1cccn1Cc1cc(F)cc(F)c1. The largest absolute Gasteiger partial charge is 0.388 e. The Kier molecular flexibility index (Phi) is 3.19. The van der Waals surface area contributed by atoms with E-state index in [2.05, 4.69) is 0 Å². The first-order valence-electron chi connectivity index (χ1n) is 4.96. The van der Waals surface area contributed by atoms with E-state index in [1.165, 1.54) is 12.1 Å². The first-order valence-corrected chi connectivity index (χ1v) is 5.37. The lowest BCUT2D eigenvalue weighted by atomic mass is 10.2. The van der Waals surface area contributed by atoms with E-state index in [0.29, 0.717) is 17.8 Å². The van der Waals surface area contributed by atoms with Gasteiger partial charge in [-0.1, -0.05) is 12.2 Å². The van der Waals surface area contributed by atoms with Crippen LogP contribution >= 0.6 is 12.2 Å². The minimum Gasteiger partial charge on any atom is -0.388 e. The van der Waals surface area contributed by atoms with E-state index in [0.717, 1.165) is 6.07 Å². The summed E-state index contributed by atoms with van der Waals surface area (Å²) < 4.78 is 27.8. The highest BCUT2D eigenvalue weighted by Gasteiger charge is 2.06. The molecule has 2 rings (SSSR count). The van der Waals surface area contributed by atoms with Crippen LogP contribution in [0.15, 0.2) is 36.5 Å². The molecule has 0 fully saturated rings. The van der Waals surface area contributed by atoms with Gasteiger partial charge >= 0.3 is 0 Å². The predicted octanol–water partition coefficient (Wildman–Crippen LogP) is 2.45. The summed E-state index contributed by atoms with van der Waals surface area (Å²) in [6.07, 6.45) is 1.76. The van der Waals surface area contributed by atoms with Crippen LogP contribution in [-0.4, -0.2) is 9.56 Å². The van der Waals surface area contributed by atoms with Crippen LogP contribution in [0.25, 0.3) is 0 Å². The quantitative estimate of drug-likeness (QED) is 0.851. The van der Waals surface area contributed by atoms with Crippen LogP contribution in [0.2, 0.25) is 0 Å². The van der Waals surface area contributed by atoms with Gasteiger partial charge in [-0.05, 0) is 29.8 Å². The normalized spacial score (nSPS) is 10.5. The van der Waals surface area contributed by atoms with Crippen molar-refractivity contribution < 1.29 is 8.78 Å².